The van der Waals surface area contributed by atoms with Crippen molar-refractivity contribution in [3.8, 4) is 0 Å². The molecule has 1 aromatic heterocycles. The van der Waals surface area contributed by atoms with E-state index >= 15 is 0 Å². The first-order chi connectivity index (χ1) is 12.1. The van der Waals surface area contributed by atoms with E-state index in [9.17, 15) is 0 Å². The van der Waals surface area contributed by atoms with Crippen LogP contribution in [0.2, 0.25) is 0 Å². The maximum atomic E-state index is 4.69. The number of allylic oxidation sites excluding steroid dienone is 5. The summed E-state index contributed by atoms with van der Waals surface area (Å²) < 4.78 is -0.310. The number of aromatic amines is 1. The summed E-state index contributed by atoms with van der Waals surface area (Å²) in [5.74, 6) is 0. The molecule has 25 heavy (non-hydrogen) atoms. The van der Waals surface area contributed by atoms with Gasteiger partial charge in [0.1, 0.15) is 4.45 Å². The van der Waals surface area contributed by atoms with Crippen molar-refractivity contribution >= 4 is 39.5 Å². The fraction of sp³-hybridized carbons (Fsp3) is 0.100. The van der Waals surface area contributed by atoms with E-state index in [0.717, 1.165) is 45.6 Å². The molecule has 5 heterocycles. The van der Waals surface area contributed by atoms with E-state index in [2.05, 4.69) is 61.6 Å². The predicted molar refractivity (Wildman–Crippen MR) is 106 cm³/mol. The molecule has 8 bridgehead atoms. The topological polar surface area (TPSA) is 52.5 Å². The van der Waals surface area contributed by atoms with Crippen LogP contribution in [0.5, 0.6) is 0 Å². The Bertz CT molecular complexity index is 1100. The Morgan fingerprint density at radius 3 is 2.32 bits per heavy atom. The standard InChI is InChI=1S/C20H15BrN4/c21-20-8-7-18(25-20)11-17-4-3-14(23-17)9-13-1-2-15(22-13)10-16-5-6-19(12-20)24-16/h1-7,9-12,22,25H,8H2. The molecular formula is C20H15BrN4. The molecule has 4 aliphatic rings. The average Bonchev–Trinajstić information content (AvgIpc) is 3.32. The van der Waals surface area contributed by atoms with Gasteiger partial charge in [-0.2, -0.15) is 0 Å². The molecule has 5 heteroatoms. The summed E-state index contributed by atoms with van der Waals surface area (Å²) in [4.78, 5) is 12.7. The highest BCUT2D eigenvalue weighted by Crippen LogP contribution is 2.32. The first kappa shape index (κ1) is 14.7. The van der Waals surface area contributed by atoms with E-state index in [0.29, 0.717) is 0 Å². The van der Waals surface area contributed by atoms with Gasteiger partial charge in [0.25, 0.3) is 0 Å². The predicted octanol–water partition coefficient (Wildman–Crippen LogP) is 2.35. The van der Waals surface area contributed by atoms with Crippen LogP contribution in [-0.4, -0.2) is 20.9 Å². The average molecular weight is 391 g/mol. The lowest BCUT2D eigenvalue weighted by Gasteiger charge is -2.20. The Labute approximate surface area is 153 Å². The number of fused-ring (bicyclic) bond motifs is 6. The van der Waals surface area contributed by atoms with E-state index in [1.54, 1.807) is 0 Å². The maximum Gasteiger partial charge on any atom is 0.117 e. The van der Waals surface area contributed by atoms with Crippen molar-refractivity contribution < 1.29 is 0 Å². The summed E-state index contributed by atoms with van der Waals surface area (Å²) in [6.07, 6.45) is 19.4. The van der Waals surface area contributed by atoms with Crippen molar-refractivity contribution in [3.63, 3.8) is 0 Å². The van der Waals surface area contributed by atoms with Crippen LogP contribution in [-0.2, 0) is 0 Å². The molecule has 4 nitrogen and oxygen atoms in total. The lowest BCUT2D eigenvalue weighted by Crippen LogP contribution is -2.31. The fourth-order valence-electron chi connectivity index (χ4n) is 3.21. The molecular weight excluding hydrogens is 376 g/mol. The molecule has 1 aromatic rings. The maximum absolute atomic E-state index is 4.69. The molecule has 5 rings (SSSR count). The quantitative estimate of drug-likeness (QED) is 0.518. The Hall–Kier alpha value is -2.66. The number of halogens is 1. The van der Waals surface area contributed by atoms with Gasteiger partial charge >= 0.3 is 0 Å². The monoisotopic (exact) mass is 390 g/mol. The Kier molecular flexibility index (Phi) is 3.18. The van der Waals surface area contributed by atoms with Crippen molar-refractivity contribution in [3.05, 3.63) is 82.5 Å². The van der Waals surface area contributed by atoms with Crippen LogP contribution < -0.4 is 16.0 Å². The first-order valence-electron chi connectivity index (χ1n) is 8.18. The zero-order valence-corrected chi connectivity index (χ0v) is 14.9. The molecule has 4 aliphatic heterocycles. The zero-order valence-electron chi connectivity index (χ0n) is 13.3. The lowest BCUT2D eigenvalue weighted by atomic mass is 10.2. The minimum Gasteiger partial charge on any atom is -0.367 e. The summed E-state index contributed by atoms with van der Waals surface area (Å²) in [7, 11) is 0. The van der Waals surface area contributed by atoms with Gasteiger partial charge in [-0.15, -0.1) is 0 Å². The molecule has 0 fully saturated rings. The van der Waals surface area contributed by atoms with Crippen LogP contribution in [0.25, 0.3) is 12.2 Å². The molecule has 0 aromatic carbocycles. The Balaban J connectivity index is 1.67. The van der Waals surface area contributed by atoms with E-state index in [1.165, 1.54) is 0 Å². The van der Waals surface area contributed by atoms with Gasteiger partial charge in [-0.05, 0) is 60.7 Å². The SMILES string of the molecule is BrC12C=C3C=CC(=N3)C=c3ccc([nH]3)=CC3=NC(=CC(=CC1)N2)C=C3. The third-order valence-electron chi connectivity index (χ3n) is 4.36. The molecule has 1 atom stereocenters. The second-order valence-corrected chi connectivity index (χ2v) is 7.80. The van der Waals surface area contributed by atoms with Crippen LogP contribution in [0.1, 0.15) is 6.42 Å². The van der Waals surface area contributed by atoms with Gasteiger partial charge in [-0.25, -0.2) is 9.98 Å². The van der Waals surface area contributed by atoms with Crippen LogP contribution in [0.15, 0.2) is 81.7 Å². The highest BCUT2D eigenvalue weighted by atomic mass is 79.9. The molecule has 0 radical (unpaired) electrons. The van der Waals surface area contributed by atoms with Crippen LogP contribution in [0.4, 0.5) is 0 Å². The smallest absolute Gasteiger partial charge is 0.117 e. The van der Waals surface area contributed by atoms with E-state index in [4.69, 9.17) is 4.99 Å². The number of H-pyrrole nitrogens is 1. The van der Waals surface area contributed by atoms with Crippen LogP contribution in [0, 0.1) is 0 Å². The minimum absolute atomic E-state index is 0.310. The third-order valence-corrected chi connectivity index (χ3v) is 5.11. The molecule has 122 valence electrons. The van der Waals surface area contributed by atoms with Gasteiger partial charge in [0.15, 0.2) is 0 Å². The number of rotatable bonds is 0. The Morgan fingerprint density at radius 2 is 1.56 bits per heavy atom. The highest BCUT2D eigenvalue weighted by Gasteiger charge is 2.29. The Morgan fingerprint density at radius 1 is 0.880 bits per heavy atom. The van der Waals surface area contributed by atoms with Crippen molar-refractivity contribution in [2.75, 3.05) is 0 Å². The molecule has 0 spiro atoms. The first-order valence-corrected chi connectivity index (χ1v) is 8.97. The fourth-order valence-corrected chi connectivity index (χ4v) is 3.84. The summed E-state index contributed by atoms with van der Waals surface area (Å²) in [6, 6.07) is 4.11. The van der Waals surface area contributed by atoms with Gasteiger partial charge in [-0.3, -0.25) is 0 Å². The minimum atomic E-state index is -0.310. The number of hydrogen-bond acceptors (Lipinski definition) is 3. The van der Waals surface area contributed by atoms with Gasteiger partial charge in [0.2, 0.25) is 0 Å². The van der Waals surface area contributed by atoms with Gasteiger partial charge in [0.05, 0.1) is 22.8 Å². The number of aromatic nitrogens is 1. The van der Waals surface area contributed by atoms with Gasteiger partial charge < -0.3 is 10.3 Å². The molecule has 1 unspecified atom stereocenters. The lowest BCUT2D eigenvalue weighted by molar-refractivity contribution is 0.692. The van der Waals surface area contributed by atoms with E-state index in [-0.39, 0.29) is 4.45 Å². The largest absolute Gasteiger partial charge is 0.367 e. The third kappa shape index (κ3) is 2.91. The number of hydrogen-bond donors (Lipinski definition) is 2. The number of nitrogens with one attached hydrogen (secondary N) is 2. The summed E-state index contributed by atoms with van der Waals surface area (Å²) >= 11 is 3.80. The van der Waals surface area contributed by atoms with Crippen molar-refractivity contribution in [1.29, 1.82) is 0 Å². The summed E-state index contributed by atoms with van der Waals surface area (Å²) in [6.45, 7) is 0. The summed E-state index contributed by atoms with van der Waals surface area (Å²) in [5, 5.41) is 5.56. The molecule has 0 amide bonds. The molecule has 2 N–H and O–H groups in total. The number of alkyl halides is 1. The van der Waals surface area contributed by atoms with Crippen molar-refractivity contribution in [2.45, 2.75) is 10.9 Å². The van der Waals surface area contributed by atoms with Crippen molar-refractivity contribution in [2.24, 2.45) is 9.98 Å². The second-order valence-electron chi connectivity index (χ2n) is 6.39. The van der Waals surface area contributed by atoms with Gasteiger partial charge in [-0.1, -0.05) is 22.0 Å². The molecule has 0 saturated heterocycles. The van der Waals surface area contributed by atoms with Crippen LogP contribution in [0.3, 0.4) is 0 Å². The van der Waals surface area contributed by atoms with Gasteiger partial charge in [0, 0.05) is 22.8 Å². The van der Waals surface area contributed by atoms with E-state index in [1.807, 2.05) is 36.5 Å². The highest BCUT2D eigenvalue weighted by molar-refractivity contribution is 9.10. The molecule has 0 aliphatic carbocycles. The van der Waals surface area contributed by atoms with Crippen molar-refractivity contribution in [1.82, 2.24) is 10.3 Å². The normalized spacial score (nSPS) is 26.0. The van der Waals surface area contributed by atoms with E-state index < -0.39 is 0 Å². The number of aliphatic imine (C=N–C) groups is 2. The number of nitrogens with zero attached hydrogens (tertiary/aromatic N) is 2. The summed E-state index contributed by atoms with van der Waals surface area (Å²) in [5.41, 5.74) is 4.83. The van der Waals surface area contributed by atoms with Crippen LogP contribution >= 0.6 is 15.9 Å². The second kappa shape index (κ2) is 5.43. The zero-order chi connectivity index (χ0) is 16.9. The molecule has 0 saturated carbocycles.